The van der Waals surface area contributed by atoms with Crippen LogP contribution in [0.4, 0.5) is 0 Å². The van der Waals surface area contributed by atoms with Gasteiger partial charge in [0.2, 0.25) is 5.78 Å². The molecule has 0 N–H and O–H groups in total. The maximum absolute atomic E-state index is 12.6. The third kappa shape index (κ3) is 22.9. The molecule has 2 rings (SSSR count). The summed E-state index contributed by atoms with van der Waals surface area (Å²) in [5, 5.41) is 2.09. The van der Waals surface area contributed by atoms with Gasteiger partial charge in [0.1, 0.15) is 10.6 Å². The molecule has 0 spiro atoms. The highest BCUT2D eigenvalue weighted by atomic mass is 35.5. The van der Waals surface area contributed by atoms with E-state index in [9.17, 15) is 9.59 Å². The van der Waals surface area contributed by atoms with Gasteiger partial charge in [0.25, 0.3) is 0 Å². The normalized spacial score (nSPS) is 13.4. The number of nitrogens with zero attached hydrogens (tertiary/aromatic N) is 1. The second-order valence-electron chi connectivity index (χ2n) is 15.6. The average molecular weight is 787 g/mol. The molecule has 0 saturated heterocycles. The second-order valence-corrected chi connectivity index (χ2v) is 16.5. The predicted molar refractivity (Wildman–Crippen MR) is 238 cm³/mol. The van der Waals surface area contributed by atoms with E-state index in [0.29, 0.717) is 21.9 Å². The molecule has 0 radical (unpaired) electrons. The molecule has 1 heterocycles. The van der Waals surface area contributed by atoms with Crippen LogP contribution in [-0.4, -0.2) is 25.1 Å². The highest BCUT2D eigenvalue weighted by Crippen LogP contribution is 2.30. The Balaban J connectivity index is 0. The van der Waals surface area contributed by atoms with E-state index in [-0.39, 0.29) is 17.1 Å². The number of hydrogen-bond acceptors (Lipinski definition) is 5. The molecule has 0 aliphatic rings. The third-order valence-corrected chi connectivity index (χ3v) is 8.33. The number of hydrogen-bond donors (Lipinski definition) is 0. The van der Waals surface area contributed by atoms with Crippen LogP contribution in [0.5, 0.6) is 0 Å². The molecule has 0 amide bonds. The summed E-state index contributed by atoms with van der Waals surface area (Å²) in [5.41, 5.74) is 4.89. The molecule has 0 unspecified atom stereocenters. The number of benzene rings is 1. The predicted octanol–water partition coefficient (Wildman–Crippen LogP) is 14.0. The molecular formula is C47H73Cl2NO4. The number of unbranched alkanes of at least 4 members (excludes halogenated alkanes) is 2. The topological polar surface area (TPSA) is 68.9 Å². The maximum atomic E-state index is 12.6. The van der Waals surface area contributed by atoms with E-state index < -0.39 is 5.97 Å². The zero-order chi connectivity index (χ0) is 42.1. The molecule has 7 heteroatoms. The van der Waals surface area contributed by atoms with Gasteiger partial charge >= 0.3 is 5.97 Å². The molecule has 0 aliphatic carbocycles. The number of methoxy groups -OCH3 is 1. The minimum Gasteiger partial charge on any atom is -0.465 e. The van der Waals surface area contributed by atoms with Crippen molar-refractivity contribution in [1.29, 1.82) is 0 Å². The minimum atomic E-state index is -0.419. The van der Waals surface area contributed by atoms with Crippen LogP contribution in [0.1, 0.15) is 165 Å². The second kappa shape index (κ2) is 28.3. The fraction of sp³-hybridized carbons (Fsp3) is 0.553. The van der Waals surface area contributed by atoms with Crippen LogP contribution >= 0.6 is 23.2 Å². The number of furan rings is 1. The SMILES string of the molecule is CCCC.CCCC(C)(C)C.CCC\C=c1/cc(C(=O)C(C)C)o/c1=C(/C=C(\C)c1ccc(Cl)cc1)C(C)(C)C.C\C=C(/C=N\C(Cl)=C\CC)C(=O)OC. The van der Waals surface area contributed by atoms with Gasteiger partial charge in [-0.25, -0.2) is 9.79 Å². The summed E-state index contributed by atoms with van der Waals surface area (Å²) in [6, 6.07) is 9.75. The van der Waals surface area contributed by atoms with Crippen molar-refractivity contribution >= 4 is 58.4 Å². The highest BCUT2D eigenvalue weighted by molar-refractivity contribution is 6.30. The van der Waals surface area contributed by atoms with Crippen molar-refractivity contribution < 1.29 is 18.7 Å². The molecule has 2 aromatic rings. The largest absolute Gasteiger partial charge is 0.465 e. The van der Waals surface area contributed by atoms with Gasteiger partial charge in [-0.1, -0.05) is 169 Å². The van der Waals surface area contributed by atoms with E-state index in [1.54, 1.807) is 19.1 Å². The first-order valence-electron chi connectivity index (χ1n) is 19.6. The van der Waals surface area contributed by atoms with Crippen molar-refractivity contribution in [3.05, 3.63) is 86.3 Å². The molecular weight excluding hydrogens is 713 g/mol. The number of halogens is 2. The fourth-order valence-electron chi connectivity index (χ4n) is 4.57. The van der Waals surface area contributed by atoms with E-state index in [1.807, 2.05) is 51.1 Å². The van der Waals surface area contributed by atoms with Gasteiger partial charge in [-0.15, -0.1) is 0 Å². The lowest BCUT2D eigenvalue weighted by molar-refractivity contribution is -0.135. The van der Waals surface area contributed by atoms with Crippen LogP contribution in [0.25, 0.3) is 17.2 Å². The Bertz CT molecular complexity index is 1620. The number of carbonyl (C=O) groups is 2. The van der Waals surface area contributed by atoms with E-state index in [1.165, 1.54) is 39.0 Å². The minimum absolute atomic E-state index is 0.0362. The Kier molecular flexibility index (Phi) is 27.7. The van der Waals surface area contributed by atoms with E-state index in [0.717, 1.165) is 51.6 Å². The summed E-state index contributed by atoms with van der Waals surface area (Å²) < 4.78 is 10.7. The lowest BCUT2D eigenvalue weighted by atomic mass is 9.84. The Morgan fingerprint density at radius 1 is 0.926 bits per heavy atom. The van der Waals surface area contributed by atoms with Gasteiger partial charge in [-0.3, -0.25) is 4.79 Å². The van der Waals surface area contributed by atoms with Gasteiger partial charge in [0.15, 0.2) is 5.76 Å². The van der Waals surface area contributed by atoms with E-state index in [4.69, 9.17) is 27.6 Å². The molecule has 54 heavy (non-hydrogen) atoms. The van der Waals surface area contributed by atoms with Crippen molar-refractivity contribution in [2.24, 2.45) is 21.7 Å². The van der Waals surface area contributed by atoms with Crippen molar-refractivity contribution in [2.45, 2.75) is 149 Å². The molecule has 0 aliphatic heterocycles. The zero-order valence-corrected chi connectivity index (χ0v) is 38.1. The number of carbonyl (C=O) groups excluding carboxylic acids is 2. The van der Waals surface area contributed by atoms with Crippen molar-refractivity contribution in [2.75, 3.05) is 7.11 Å². The van der Waals surface area contributed by atoms with Crippen molar-refractivity contribution in [3.63, 3.8) is 0 Å². The number of allylic oxidation sites excluding steroid dienone is 4. The monoisotopic (exact) mass is 785 g/mol. The molecule has 1 aromatic heterocycles. The lowest BCUT2D eigenvalue weighted by Crippen LogP contribution is -2.27. The number of esters is 1. The summed E-state index contributed by atoms with van der Waals surface area (Å²) in [5.74, 6) is -0.0413. The van der Waals surface area contributed by atoms with Crippen LogP contribution in [0, 0.1) is 16.7 Å². The number of aliphatic imine (C=N–C) groups is 1. The first-order chi connectivity index (χ1) is 25.2. The molecule has 0 bridgehead atoms. The Hall–Kier alpha value is -3.15. The molecule has 0 saturated carbocycles. The van der Waals surface area contributed by atoms with Gasteiger partial charge < -0.3 is 9.15 Å². The average Bonchev–Trinajstić information content (AvgIpc) is 3.52. The van der Waals surface area contributed by atoms with Crippen LogP contribution < -0.4 is 10.6 Å². The number of Topliss-reactive ketones (excluding diaryl/α,β-unsaturated/α-hetero) is 1. The Morgan fingerprint density at radius 3 is 1.89 bits per heavy atom. The van der Waals surface area contributed by atoms with Crippen LogP contribution in [0.15, 0.2) is 68.7 Å². The number of rotatable bonds is 12. The first kappa shape index (κ1) is 53.0. The molecule has 304 valence electrons. The van der Waals surface area contributed by atoms with Gasteiger partial charge in [0, 0.05) is 27.9 Å². The van der Waals surface area contributed by atoms with Crippen LogP contribution in [0.2, 0.25) is 5.02 Å². The summed E-state index contributed by atoms with van der Waals surface area (Å²) in [4.78, 5) is 27.5. The smallest absolute Gasteiger partial charge is 0.339 e. The molecule has 1 aromatic carbocycles. The summed E-state index contributed by atoms with van der Waals surface area (Å²) in [7, 11) is 1.32. The summed E-state index contributed by atoms with van der Waals surface area (Å²) in [6.07, 6.45) is 17.2. The molecule has 0 fully saturated rings. The number of ketones is 1. The third-order valence-electron chi connectivity index (χ3n) is 7.83. The highest BCUT2D eigenvalue weighted by Gasteiger charge is 2.21. The van der Waals surface area contributed by atoms with Gasteiger partial charge in [0.05, 0.1) is 12.7 Å². The van der Waals surface area contributed by atoms with Crippen molar-refractivity contribution in [3.8, 4) is 0 Å². The zero-order valence-electron chi connectivity index (χ0n) is 36.6. The standard InChI is InChI=1S/C26H33ClO2.C10H14ClNO2.C7H16.C4H10/c1-8-9-10-20-16-23(24(28)17(2)3)29-25(20)22(26(5,6)7)15-18(4)19-11-13-21(27)14-12-19;1-4-6-9(11)12-7-8(5-2)10(13)14-3;1-5-6-7(2,3)4;1-3-4-2/h10-17H,8-9H2,1-7H3;5-7H,4H2,1-3H3;5-6H2,1-4H3;3-4H2,1-2H3/b18-15+,20-10+,25-22-;8-5+,9-6+,12-7-;;. The van der Waals surface area contributed by atoms with Gasteiger partial charge in [-0.05, 0) is 79.4 Å². The molecule has 0 atom stereocenters. The van der Waals surface area contributed by atoms with Crippen molar-refractivity contribution in [1.82, 2.24) is 0 Å². The van der Waals surface area contributed by atoms with E-state index in [2.05, 4.69) is 98.0 Å². The first-order valence-corrected chi connectivity index (χ1v) is 20.4. The number of ether oxygens (including phenoxy) is 1. The summed E-state index contributed by atoms with van der Waals surface area (Å²) in [6.45, 7) is 31.7. The lowest BCUT2D eigenvalue weighted by Gasteiger charge is -2.20. The van der Waals surface area contributed by atoms with E-state index >= 15 is 0 Å². The van der Waals surface area contributed by atoms with Gasteiger partial charge in [-0.2, -0.15) is 0 Å². The summed E-state index contributed by atoms with van der Waals surface area (Å²) >= 11 is 11.8. The van der Waals surface area contributed by atoms with Crippen LogP contribution in [0.3, 0.4) is 0 Å². The van der Waals surface area contributed by atoms with Crippen LogP contribution in [-0.2, 0) is 9.53 Å². The molecule has 5 nitrogen and oxygen atoms in total. The maximum Gasteiger partial charge on any atom is 0.339 e. The Labute approximate surface area is 339 Å². The Morgan fingerprint density at radius 2 is 1.50 bits per heavy atom. The quantitative estimate of drug-likeness (QED) is 0.0706. The fourth-order valence-corrected chi connectivity index (χ4v) is 4.90.